The Labute approximate surface area is 133 Å². The van der Waals surface area contributed by atoms with Gasteiger partial charge >= 0.3 is 0 Å². The number of aromatic amines is 1. The highest BCUT2D eigenvalue weighted by molar-refractivity contribution is 5.94. The van der Waals surface area contributed by atoms with E-state index in [0.29, 0.717) is 30.0 Å². The van der Waals surface area contributed by atoms with Crippen molar-refractivity contribution in [3.63, 3.8) is 0 Å². The van der Waals surface area contributed by atoms with Crippen molar-refractivity contribution in [2.75, 3.05) is 13.1 Å². The number of piperidine rings is 1. The summed E-state index contributed by atoms with van der Waals surface area (Å²) in [5.74, 6) is -0.611. The molecule has 7 heteroatoms. The Bertz CT molecular complexity index is 727. The SMILES string of the molecule is C[C@@]1(c2[nH]ncc2C(N)=O)CCCN(C(=O)c2ccccn2)C1. The van der Waals surface area contributed by atoms with Crippen LogP contribution >= 0.6 is 0 Å². The van der Waals surface area contributed by atoms with E-state index < -0.39 is 5.91 Å². The number of hydrogen-bond donors (Lipinski definition) is 2. The minimum absolute atomic E-state index is 0.100. The molecule has 2 aromatic rings. The van der Waals surface area contributed by atoms with Crippen molar-refractivity contribution in [2.24, 2.45) is 5.73 Å². The second-order valence-electron chi connectivity index (χ2n) is 6.13. The molecule has 0 aliphatic carbocycles. The molecule has 0 spiro atoms. The van der Waals surface area contributed by atoms with Crippen molar-refractivity contribution in [3.05, 3.63) is 47.5 Å². The summed E-state index contributed by atoms with van der Waals surface area (Å²) in [7, 11) is 0. The van der Waals surface area contributed by atoms with Crippen LogP contribution in [0.4, 0.5) is 0 Å². The number of pyridine rings is 1. The number of primary amides is 1. The lowest BCUT2D eigenvalue weighted by Crippen LogP contribution is -2.48. The molecular weight excluding hydrogens is 294 g/mol. The number of aromatic nitrogens is 3. The molecule has 3 N–H and O–H groups in total. The summed E-state index contributed by atoms with van der Waals surface area (Å²) in [4.78, 5) is 30.1. The van der Waals surface area contributed by atoms with E-state index in [-0.39, 0.29) is 11.3 Å². The van der Waals surface area contributed by atoms with E-state index in [1.807, 2.05) is 6.92 Å². The molecule has 3 heterocycles. The van der Waals surface area contributed by atoms with Gasteiger partial charge in [0.15, 0.2) is 0 Å². The zero-order valence-electron chi connectivity index (χ0n) is 13.0. The number of nitrogens with two attached hydrogens (primary N) is 1. The molecule has 0 radical (unpaired) electrons. The highest BCUT2D eigenvalue weighted by Gasteiger charge is 2.38. The van der Waals surface area contributed by atoms with Gasteiger partial charge in [-0.25, -0.2) is 0 Å². The Morgan fingerprint density at radius 2 is 2.22 bits per heavy atom. The lowest BCUT2D eigenvalue weighted by atomic mass is 9.77. The molecule has 7 nitrogen and oxygen atoms in total. The monoisotopic (exact) mass is 313 g/mol. The summed E-state index contributed by atoms with van der Waals surface area (Å²) in [5, 5.41) is 6.84. The first-order valence-corrected chi connectivity index (χ1v) is 7.55. The molecule has 1 aliphatic rings. The number of nitrogens with one attached hydrogen (secondary N) is 1. The Hall–Kier alpha value is -2.70. The molecule has 1 aliphatic heterocycles. The first-order chi connectivity index (χ1) is 11.0. The Morgan fingerprint density at radius 3 is 2.91 bits per heavy atom. The quantitative estimate of drug-likeness (QED) is 0.885. The lowest BCUT2D eigenvalue weighted by Gasteiger charge is -2.40. The van der Waals surface area contributed by atoms with Crippen LogP contribution in [0.5, 0.6) is 0 Å². The van der Waals surface area contributed by atoms with E-state index in [4.69, 9.17) is 5.73 Å². The zero-order valence-corrected chi connectivity index (χ0v) is 13.0. The van der Waals surface area contributed by atoms with Gasteiger partial charge in [0.1, 0.15) is 5.69 Å². The van der Waals surface area contributed by atoms with Gasteiger partial charge in [-0.2, -0.15) is 5.10 Å². The van der Waals surface area contributed by atoms with Crippen LogP contribution in [0, 0.1) is 0 Å². The standard InChI is InChI=1S/C16H19N5O2/c1-16(13-11(14(17)22)9-19-20-13)6-4-8-21(10-16)15(23)12-5-2-3-7-18-12/h2-3,5,7,9H,4,6,8,10H2,1H3,(H2,17,22)(H,19,20)/t16-/m1/s1. The molecule has 1 fully saturated rings. The van der Waals surface area contributed by atoms with E-state index in [1.54, 1.807) is 29.3 Å². The van der Waals surface area contributed by atoms with Crippen molar-refractivity contribution >= 4 is 11.8 Å². The molecule has 0 aromatic carbocycles. The van der Waals surface area contributed by atoms with Gasteiger partial charge < -0.3 is 10.6 Å². The zero-order chi connectivity index (χ0) is 16.4. The van der Waals surface area contributed by atoms with Crippen molar-refractivity contribution < 1.29 is 9.59 Å². The van der Waals surface area contributed by atoms with Crippen LogP contribution in [0.15, 0.2) is 30.6 Å². The van der Waals surface area contributed by atoms with Crippen molar-refractivity contribution in [1.82, 2.24) is 20.1 Å². The lowest BCUT2D eigenvalue weighted by molar-refractivity contribution is 0.0641. The van der Waals surface area contributed by atoms with Gasteiger partial charge in [0.05, 0.1) is 17.5 Å². The summed E-state index contributed by atoms with van der Waals surface area (Å²) >= 11 is 0. The molecule has 0 unspecified atom stereocenters. The molecular formula is C16H19N5O2. The maximum Gasteiger partial charge on any atom is 0.272 e. The fourth-order valence-corrected chi connectivity index (χ4v) is 3.20. The average Bonchev–Trinajstić information content (AvgIpc) is 3.06. The minimum atomic E-state index is -0.511. The Kier molecular flexibility index (Phi) is 3.85. The van der Waals surface area contributed by atoms with Crippen molar-refractivity contribution in [2.45, 2.75) is 25.2 Å². The van der Waals surface area contributed by atoms with Crippen LogP contribution in [0.25, 0.3) is 0 Å². The Balaban J connectivity index is 1.87. The number of rotatable bonds is 3. The summed E-state index contributed by atoms with van der Waals surface area (Å²) in [6.45, 7) is 3.18. The molecule has 0 saturated carbocycles. The van der Waals surface area contributed by atoms with E-state index in [0.717, 1.165) is 12.8 Å². The molecule has 120 valence electrons. The number of nitrogens with zero attached hydrogens (tertiary/aromatic N) is 3. The molecule has 1 atom stereocenters. The fourth-order valence-electron chi connectivity index (χ4n) is 3.20. The number of carbonyl (C=O) groups is 2. The number of hydrogen-bond acceptors (Lipinski definition) is 4. The number of H-pyrrole nitrogens is 1. The number of amides is 2. The topological polar surface area (TPSA) is 105 Å². The van der Waals surface area contributed by atoms with Gasteiger partial charge in [0, 0.05) is 24.7 Å². The maximum atomic E-state index is 12.6. The van der Waals surface area contributed by atoms with Gasteiger partial charge in [0.2, 0.25) is 0 Å². The van der Waals surface area contributed by atoms with Crippen LogP contribution < -0.4 is 5.73 Å². The van der Waals surface area contributed by atoms with Crippen LogP contribution in [0.1, 0.15) is 46.3 Å². The molecule has 0 bridgehead atoms. The highest BCUT2D eigenvalue weighted by Crippen LogP contribution is 2.34. The third-order valence-corrected chi connectivity index (χ3v) is 4.38. The summed E-state index contributed by atoms with van der Waals surface area (Å²) in [6.07, 6.45) is 4.74. The molecule has 2 aromatic heterocycles. The third-order valence-electron chi connectivity index (χ3n) is 4.38. The van der Waals surface area contributed by atoms with Crippen molar-refractivity contribution in [3.8, 4) is 0 Å². The normalized spacial score (nSPS) is 21.2. The molecule has 2 amide bonds. The fraction of sp³-hybridized carbons (Fsp3) is 0.375. The largest absolute Gasteiger partial charge is 0.365 e. The number of likely N-dealkylation sites (tertiary alicyclic amines) is 1. The average molecular weight is 313 g/mol. The van der Waals surface area contributed by atoms with E-state index in [9.17, 15) is 9.59 Å². The Morgan fingerprint density at radius 1 is 1.39 bits per heavy atom. The molecule has 23 heavy (non-hydrogen) atoms. The van der Waals surface area contributed by atoms with Crippen LogP contribution in [-0.4, -0.2) is 45.0 Å². The van der Waals surface area contributed by atoms with Gasteiger partial charge in [-0.05, 0) is 25.0 Å². The predicted octanol–water partition coefficient (Wildman–Crippen LogP) is 1.10. The van der Waals surface area contributed by atoms with E-state index in [1.165, 1.54) is 6.20 Å². The third kappa shape index (κ3) is 2.81. The summed E-state index contributed by atoms with van der Waals surface area (Å²) in [5.41, 5.74) is 6.55. The van der Waals surface area contributed by atoms with Crippen molar-refractivity contribution in [1.29, 1.82) is 0 Å². The first kappa shape index (κ1) is 15.2. The first-order valence-electron chi connectivity index (χ1n) is 7.55. The van der Waals surface area contributed by atoms with E-state index in [2.05, 4.69) is 15.2 Å². The van der Waals surface area contributed by atoms with E-state index >= 15 is 0 Å². The van der Waals surface area contributed by atoms with Gasteiger partial charge in [-0.1, -0.05) is 13.0 Å². The van der Waals surface area contributed by atoms with Gasteiger partial charge in [0.25, 0.3) is 11.8 Å². The van der Waals surface area contributed by atoms with Crippen LogP contribution in [0.3, 0.4) is 0 Å². The summed E-state index contributed by atoms with van der Waals surface area (Å²) < 4.78 is 0. The van der Waals surface area contributed by atoms with Crippen LogP contribution in [-0.2, 0) is 5.41 Å². The maximum absolute atomic E-state index is 12.6. The van der Waals surface area contributed by atoms with Crippen LogP contribution in [0.2, 0.25) is 0 Å². The minimum Gasteiger partial charge on any atom is -0.365 e. The van der Waals surface area contributed by atoms with Gasteiger partial charge in [-0.3, -0.25) is 19.7 Å². The second-order valence-corrected chi connectivity index (χ2v) is 6.13. The number of carbonyl (C=O) groups excluding carboxylic acids is 2. The predicted molar refractivity (Wildman–Crippen MR) is 83.8 cm³/mol. The van der Waals surface area contributed by atoms with Gasteiger partial charge in [-0.15, -0.1) is 0 Å². The molecule has 1 saturated heterocycles. The second kappa shape index (κ2) is 5.83. The smallest absolute Gasteiger partial charge is 0.272 e. The summed E-state index contributed by atoms with van der Waals surface area (Å²) in [6, 6.07) is 5.28. The highest BCUT2D eigenvalue weighted by atomic mass is 16.2. The molecule has 3 rings (SSSR count).